The van der Waals surface area contributed by atoms with E-state index in [1.54, 1.807) is 18.2 Å². The highest BCUT2D eigenvalue weighted by atomic mass is 32.2. The van der Waals surface area contributed by atoms with E-state index in [1.165, 1.54) is 18.0 Å². The molecule has 27 heavy (non-hydrogen) atoms. The summed E-state index contributed by atoms with van der Waals surface area (Å²) in [6, 6.07) is 20.5. The highest BCUT2D eigenvalue weighted by Gasteiger charge is 2.14. The standard InChI is InChI=1S/C21H20N2O3S/c1-15(27-18-9-3-2-4-10-18)20(24)22-14-16-7-5-8-17(13-16)23-21(25)19-11-6-12-26-19/h2-13,15H,14H2,1H3,(H,22,24)(H,23,25). The van der Waals surface area contributed by atoms with Gasteiger partial charge < -0.3 is 15.1 Å². The minimum absolute atomic E-state index is 0.0334. The van der Waals surface area contributed by atoms with Crippen LogP contribution in [0.5, 0.6) is 0 Å². The molecule has 0 bridgehead atoms. The van der Waals surface area contributed by atoms with E-state index in [4.69, 9.17) is 4.42 Å². The summed E-state index contributed by atoms with van der Waals surface area (Å²) in [7, 11) is 0. The highest BCUT2D eigenvalue weighted by molar-refractivity contribution is 8.00. The molecule has 6 heteroatoms. The van der Waals surface area contributed by atoms with Crippen molar-refractivity contribution in [1.29, 1.82) is 0 Å². The zero-order valence-electron chi connectivity index (χ0n) is 14.8. The maximum Gasteiger partial charge on any atom is 0.291 e. The third-order valence-corrected chi connectivity index (χ3v) is 4.93. The van der Waals surface area contributed by atoms with E-state index in [0.29, 0.717) is 12.2 Å². The fraction of sp³-hybridized carbons (Fsp3) is 0.143. The predicted octanol–water partition coefficient (Wildman–Crippen LogP) is 4.33. The van der Waals surface area contributed by atoms with Crippen LogP contribution < -0.4 is 10.6 Å². The van der Waals surface area contributed by atoms with E-state index in [2.05, 4.69) is 10.6 Å². The molecule has 1 atom stereocenters. The first-order valence-corrected chi connectivity index (χ1v) is 9.43. The Morgan fingerprint density at radius 1 is 1.04 bits per heavy atom. The van der Waals surface area contributed by atoms with Crippen molar-refractivity contribution in [3.05, 3.63) is 84.3 Å². The van der Waals surface area contributed by atoms with E-state index in [1.807, 2.05) is 55.5 Å². The third-order valence-electron chi connectivity index (χ3n) is 3.82. The SMILES string of the molecule is CC(Sc1ccccc1)C(=O)NCc1cccc(NC(=O)c2ccco2)c1. The Morgan fingerprint density at radius 3 is 2.59 bits per heavy atom. The molecule has 2 N–H and O–H groups in total. The second-order valence-corrected chi connectivity index (χ2v) is 7.34. The van der Waals surface area contributed by atoms with Gasteiger partial charge in [-0.3, -0.25) is 9.59 Å². The Bertz CT molecular complexity index is 895. The summed E-state index contributed by atoms with van der Waals surface area (Å²) < 4.78 is 5.08. The lowest BCUT2D eigenvalue weighted by molar-refractivity contribution is -0.120. The van der Waals surface area contributed by atoms with Crippen molar-refractivity contribution >= 4 is 29.3 Å². The number of furan rings is 1. The number of thioether (sulfide) groups is 1. The van der Waals surface area contributed by atoms with Gasteiger partial charge in [-0.2, -0.15) is 0 Å². The Balaban J connectivity index is 1.53. The molecule has 0 fully saturated rings. The molecular weight excluding hydrogens is 360 g/mol. The lowest BCUT2D eigenvalue weighted by atomic mass is 10.2. The lowest BCUT2D eigenvalue weighted by Crippen LogP contribution is -2.30. The molecule has 0 aliphatic heterocycles. The van der Waals surface area contributed by atoms with Crippen LogP contribution in [0.3, 0.4) is 0 Å². The van der Waals surface area contributed by atoms with Gasteiger partial charge in [0.2, 0.25) is 5.91 Å². The molecule has 3 aromatic rings. The van der Waals surface area contributed by atoms with Crippen LogP contribution in [-0.2, 0) is 11.3 Å². The fourth-order valence-corrected chi connectivity index (χ4v) is 3.36. The van der Waals surface area contributed by atoms with Gasteiger partial charge in [-0.25, -0.2) is 0 Å². The summed E-state index contributed by atoms with van der Waals surface area (Å²) in [5.41, 5.74) is 1.55. The van der Waals surface area contributed by atoms with Gasteiger partial charge in [0, 0.05) is 17.1 Å². The van der Waals surface area contributed by atoms with E-state index in [-0.39, 0.29) is 22.8 Å². The fourth-order valence-electron chi connectivity index (χ4n) is 2.45. The molecule has 0 radical (unpaired) electrons. The highest BCUT2D eigenvalue weighted by Crippen LogP contribution is 2.22. The van der Waals surface area contributed by atoms with Crippen LogP contribution in [0, 0.1) is 0 Å². The van der Waals surface area contributed by atoms with Crippen LogP contribution in [0.1, 0.15) is 23.0 Å². The van der Waals surface area contributed by atoms with Crippen LogP contribution >= 0.6 is 11.8 Å². The van der Waals surface area contributed by atoms with Crippen molar-refractivity contribution in [3.8, 4) is 0 Å². The lowest BCUT2D eigenvalue weighted by Gasteiger charge is -2.12. The first-order chi connectivity index (χ1) is 13.1. The van der Waals surface area contributed by atoms with Crippen molar-refractivity contribution in [2.75, 3.05) is 5.32 Å². The molecular formula is C21H20N2O3S. The molecule has 0 aliphatic carbocycles. The first kappa shape index (κ1) is 18.8. The number of rotatable bonds is 7. The summed E-state index contributed by atoms with van der Waals surface area (Å²) >= 11 is 1.52. The number of hydrogen-bond donors (Lipinski definition) is 2. The first-order valence-electron chi connectivity index (χ1n) is 8.55. The smallest absolute Gasteiger partial charge is 0.291 e. The molecule has 0 saturated carbocycles. The number of carbonyl (C=O) groups excluding carboxylic acids is 2. The van der Waals surface area contributed by atoms with Crippen LogP contribution in [0.15, 0.2) is 82.3 Å². The monoisotopic (exact) mass is 380 g/mol. The zero-order valence-corrected chi connectivity index (χ0v) is 15.7. The van der Waals surface area contributed by atoms with Gasteiger partial charge in [-0.1, -0.05) is 30.3 Å². The third kappa shape index (κ3) is 5.49. The van der Waals surface area contributed by atoms with Crippen LogP contribution in [0.2, 0.25) is 0 Å². The molecule has 0 saturated heterocycles. The largest absolute Gasteiger partial charge is 0.459 e. The van der Waals surface area contributed by atoms with Crippen molar-refractivity contribution in [2.45, 2.75) is 23.6 Å². The second-order valence-electron chi connectivity index (χ2n) is 5.92. The predicted molar refractivity (Wildman–Crippen MR) is 107 cm³/mol. The van der Waals surface area contributed by atoms with Gasteiger partial charge in [0.25, 0.3) is 5.91 Å². The van der Waals surface area contributed by atoms with E-state index >= 15 is 0 Å². The van der Waals surface area contributed by atoms with Crippen LogP contribution in [0.25, 0.3) is 0 Å². The summed E-state index contributed by atoms with van der Waals surface area (Å²) in [6.45, 7) is 2.27. The molecule has 0 aliphatic rings. The quantitative estimate of drug-likeness (QED) is 0.599. The molecule has 1 aromatic heterocycles. The molecule has 138 valence electrons. The van der Waals surface area contributed by atoms with Crippen LogP contribution in [0.4, 0.5) is 5.69 Å². The minimum atomic E-state index is -0.311. The summed E-state index contributed by atoms with van der Waals surface area (Å²) in [4.78, 5) is 25.4. The number of nitrogens with one attached hydrogen (secondary N) is 2. The van der Waals surface area contributed by atoms with Gasteiger partial charge in [-0.05, 0) is 48.9 Å². The maximum absolute atomic E-state index is 12.3. The Kier molecular flexibility index (Phi) is 6.33. The zero-order chi connectivity index (χ0) is 19.1. The normalized spacial score (nSPS) is 11.6. The average molecular weight is 380 g/mol. The molecule has 5 nitrogen and oxygen atoms in total. The molecule has 3 rings (SSSR count). The van der Waals surface area contributed by atoms with Crippen molar-refractivity contribution < 1.29 is 14.0 Å². The van der Waals surface area contributed by atoms with E-state index in [9.17, 15) is 9.59 Å². The number of hydrogen-bond acceptors (Lipinski definition) is 4. The maximum atomic E-state index is 12.3. The average Bonchev–Trinajstić information content (AvgIpc) is 3.22. The van der Waals surface area contributed by atoms with Gasteiger partial charge in [0.05, 0.1) is 11.5 Å². The Morgan fingerprint density at radius 2 is 1.85 bits per heavy atom. The molecule has 0 spiro atoms. The van der Waals surface area contributed by atoms with Gasteiger partial charge in [0.1, 0.15) is 0 Å². The topological polar surface area (TPSA) is 71.3 Å². The molecule has 1 heterocycles. The number of carbonyl (C=O) groups is 2. The van der Waals surface area contributed by atoms with E-state index in [0.717, 1.165) is 10.5 Å². The Labute approximate surface area is 162 Å². The molecule has 2 aromatic carbocycles. The van der Waals surface area contributed by atoms with Gasteiger partial charge >= 0.3 is 0 Å². The van der Waals surface area contributed by atoms with Crippen LogP contribution in [-0.4, -0.2) is 17.1 Å². The Hall–Kier alpha value is -2.99. The number of amides is 2. The van der Waals surface area contributed by atoms with Gasteiger partial charge in [-0.15, -0.1) is 11.8 Å². The van der Waals surface area contributed by atoms with Crippen molar-refractivity contribution in [3.63, 3.8) is 0 Å². The molecule has 1 unspecified atom stereocenters. The summed E-state index contributed by atoms with van der Waals surface area (Å²) in [5, 5.41) is 5.51. The summed E-state index contributed by atoms with van der Waals surface area (Å²) in [6.07, 6.45) is 1.45. The summed E-state index contributed by atoms with van der Waals surface area (Å²) in [5.74, 6) is -0.0941. The van der Waals surface area contributed by atoms with Gasteiger partial charge in [0.15, 0.2) is 5.76 Å². The second kappa shape index (κ2) is 9.09. The number of anilines is 1. The molecule has 2 amide bonds. The van der Waals surface area contributed by atoms with Crippen molar-refractivity contribution in [1.82, 2.24) is 5.32 Å². The van der Waals surface area contributed by atoms with E-state index < -0.39 is 0 Å². The number of benzene rings is 2. The minimum Gasteiger partial charge on any atom is -0.459 e. The van der Waals surface area contributed by atoms with Crippen molar-refractivity contribution in [2.24, 2.45) is 0 Å².